The van der Waals surface area contributed by atoms with Crippen molar-refractivity contribution in [3.8, 4) is 0 Å². The molecule has 0 saturated carbocycles. The molecule has 0 aromatic heterocycles. The quantitative estimate of drug-likeness (QED) is 0.515. The molecule has 1 unspecified atom stereocenters. The number of hydrogen-bond acceptors (Lipinski definition) is 2. The second-order valence-electron chi connectivity index (χ2n) is 2.40. The average Bonchev–Trinajstić information content (AvgIpc) is 1.87. The van der Waals surface area contributed by atoms with Crippen LogP contribution >= 0.6 is 0 Å². The number of rotatable bonds is 3. The Labute approximate surface area is 62.8 Å². The summed E-state index contributed by atoms with van der Waals surface area (Å²) in [6, 6.07) is -0.236. The molecule has 0 aromatic carbocycles. The second kappa shape index (κ2) is 4.33. The van der Waals surface area contributed by atoms with Crippen LogP contribution in [-0.2, 0) is 4.79 Å². The molecule has 0 aliphatic carbocycles. The van der Waals surface area contributed by atoms with Gasteiger partial charge in [0, 0.05) is 19.5 Å². The van der Waals surface area contributed by atoms with E-state index in [1.807, 2.05) is 0 Å². The summed E-state index contributed by atoms with van der Waals surface area (Å²) in [6.45, 7) is 1.79. The fourth-order valence-corrected chi connectivity index (χ4v) is 0.502. The zero-order chi connectivity index (χ0) is 8.15. The first-order valence-corrected chi connectivity index (χ1v) is 3.29. The molecule has 56 valence electrons. The Morgan fingerprint density at radius 3 is 2.60 bits per heavy atom. The summed E-state index contributed by atoms with van der Waals surface area (Å²) in [7, 11) is 7.01. The third-order valence-electron chi connectivity index (χ3n) is 1.38. The van der Waals surface area contributed by atoms with Crippen molar-refractivity contribution in [1.82, 2.24) is 5.32 Å². The van der Waals surface area contributed by atoms with Crippen LogP contribution < -0.4 is 11.1 Å². The van der Waals surface area contributed by atoms with Crippen LogP contribution in [0.1, 0.15) is 13.3 Å². The van der Waals surface area contributed by atoms with Gasteiger partial charge in [0.2, 0.25) is 5.91 Å². The van der Waals surface area contributed by atoms with Crippen LogP contribution in [0.2, 0.25) is 5.82 Å². The highest BCUT2D eigenvalue weighted by Crippen LogP contribution is 2.04. The van der Waals surface area contributed by atoms with Gasteiger partial charge in [0.15, 0.2) is 0 Å². The molecule has 0 rings (SSSR count). The summed E-state index contributed by atoms with van der Waals surface area (Å²) in [5.74, 6) is -0.193. The SMILES string of the molecule is [B]C(C)[C@@H](N)CC(=O)NC. The van der Waals surface area contributed by atoms with Gasteiger partial charge in [-0.2, -0.15) is 0 Å². The first-order valence-electron chi connectivity index (χ1n) is 3.29. The molecule has 0 aromatic rings. The molecule has 0 spiro atoms. The Morgan fingerprint density at radius 1 is 1.80 bits per heavy atom. The van der Waals surface area contributed by atoms with Crippen LogP contribution in [0.4, 0.5) is 0 Å². The van der Waals surface area contributed by atoms with Crippen molar-refractivity contribution in [1.29, 1.82) is 0 Å². The molecule has 0 aliphatic heterocycles. The van der Waals surface area contributed by atoms with Gasteiger partial charge in [-0.1, -0.05) is 12.7 Å². The van der Waals surface area contributed by atoms with Crippen molar-refractivity contribution in [2.75, 3.05) is 7.05 Å². The number of nitrogens with two attached hydrogens (primary N) is 1. The zero-order valence-corrected chi connectivity index (χ0v) is 6.42. The number of carbonyl (C=O) groups is 1. The van der Waals surface area contributed by atoms with E-state index in [1.54, 1.807) is 14.0 Å². The van der Waals surface area contributed by atoms with Crippen LogP contribution in [0.5, 0.6) is 0 Å². The Morgan fingerprint density at radius 2 is 2.30 bits per heavy atom. The molecule has 0 fully saturated rings. The van der Waals surface area contributed by atoms with Crippen LogP contribution in [0.15, 0.2) is 0 Å². The normalized spacial score (nSPS) is 15.9. The Balaban J connectivity index is 3.57. The van der Waals surface area contributed by atoms with Crippen molar-refractivity contribution in [3.63, 3.8) is 0 Å². The van der Waals surface area contributed by atoms with Gasteiger partial charge in [-0.05, 0) is 0 Å². The van der Waals surface area contributed by atoms with Crippen molar-refractivity contribution < 1.29 is 4.79 Å². The molecule has 2 atom stereocenters. The monoisotopic (exact) mass is 140 g/mol. The van der Waals surface area contributed by atoms with E-state index in [0.717, 1.165) is 0 Å². The molecule has 4 heteroatoms. The van der Waals surface area contributed by atoms with Gasteiger partial charge in [0.1, 0.15) is 0 Å². The molecule has 10 heavy (non-hydrogen) atoms. The van der Waals surface area contributed by atoms with Gasteiger partial charge < -0.3 is 11.1 Å². The first-order chi connectivity index (χ1) is 4.57. The summed E-state index contributed by atoms with van der Waals surface area (Å²) in [6.07, 6.45) is 0.300. The molecule has 0 bridgehead atoms. The maximum atomic E-state index is 10.7. The van der Waals surface area contributed by atoms with Crippen LogP contribution in [-0.4, -0.2) is 26.8 Å². The minimum Gasteiger partial charge on any atom is -0.359 e. The van der Waals surface area contributed by atoms with E-state index in [2.05, 4.69) is 5.32 Å². The molecule has 0 heterocycles. The maximum Gasteiger partial charge on any atom is 0.221 e. The van der Waals surface area contributed by atoms with Gasteiger partial charge in [-0.25, -0.2) is 0 Å². The van der Waals surface area contributed by atoms with Gasteiger partial charge in [-0.3, -0.25) is 4.79 Å². The van der Waals surface area contributed by atoms with E-state index < -0.39 is 0 Å². The van der Waals surface area contributed by atoms with Crippen LogP contribution in [0.25, 0.3) is 0 Å². The molecule has 0 saturated heterocycles. The standard InChI is InChI=1S/C6H13BN2O/c1-4(7)5(8)3-6(10)9-2/h4-5H,3,8H2,1-2H3,(H,9,10)/t4?,5-/m0/s1. The average molecular weight is 140 g/mol. The van der Waals surface area contributed by atoms with E-state index >= 15 is 0 Å². The number of carbonyl (C=O) groups excluding carboxylic acids is 1. The molecule has 2 radical (unpaired) electrons. The van der Waals surface area contributed by atoms with Crippen molar-refractivity contribution in [2.45, 2.75) is 25.2 Å². The van der Waals surface area contributed by atoms with E-state index in [0.29, 0.717) is 6.42 Å². The largest absolute Gasteiger partial charge is 0.359 e. The molecule has 3 N–H and O–H groups in total. The van der Waals surface area contributed by atoms with Gasteiger partial charge >= 0.3 is 0 Å². The second-order valence-corrected chi connectivity index (χ2v) is 2.40. The maximum absolute atomic E-state index is 10.7. The lowest BCUT2D eigenvalue weighted by molar-refractivity contribution is -0.120. The Bertz CT molecular complexity index is 116. The zero-order valence-electron chi connectivity index (χ0n) is 6.42. The highest BCUT2D eigenvalue weighted by Gasteiger charge is 2.10. The van der Waals surface area contributed by atoms with Crippen LogP contribution in [0.3, 0.4) is 0 Å². The third kappa shape index (κ3) is 3.51. The highest BCUT2D eigenvalue weighted by atomic mass is 16.1. The van der Waals surface area contributed by atoms with E-state index in [-0.39, 0.29) is 17.8 Å². The lowest BCUT2D eigenvalue weighted by Gasteiger charge is -2.13. The van der Waals surface area contributed by atoms with E-state index in [4.69, 9.17) is 13.6 Å². The number of amides is 1. The molecule has 0 aliphatic rings. The molecule has 3 nitrogen and oxygen atoms in total. The van der Waals surface area contributed by atoms with Gasteiger partial charge in [0.25, 0.3) is 0 Å². The lowest BCUT2D eigenvalue weighted by Crippen LogP contribution is -2.32. The molecular weight excluding hydrogens is 127 g/mol. The summed E-state index contributed by atoms with van der Waals surface area (Å²) in [4.78, 5) is 10.7. The Hall–Kier alpha value is -0.505. The summed E-state index contributed by atoms with van der Waals surface area (Å²) in [5.41, 5.74) is 5.51. The molecular formula is C6H13BN2O. The lowest BCUT2D eigenvalue weighted by atomic mass is 9.82. The predicted octanol–water partition coefficient (Wildman–Crippen LogP) is -0.573. The summed E-state index contributed by atoms with van der Waals surface area (Å²) < 4.78 is 0. The minimum atomic E-state index is -0.236. The summed E-state index contributed by atoms with van der Waals surface area (Å²) >= 11 is 0. The van der Waals surface area contributed by atoms with Crippen LogP contribution in [0, 0.1) is 0 Å². The van der Waals surface area contributed by atoms with Crippen molar-refractivity contribution in [3.05, 3.63) is 0 Å². The number of nitrogens with one attached hydrogen (secondary N) is 1. The fraction of sp³-hybridized carbons (Fsp3) is 0.833. The number of hydrogen-bond donors (Lipinski definition) is 2. The van der Waals surface area contributed by atoms with E-state index in [1.165, 1.54) is 0 Å². The fourth-order valence-electron chi connectivity index (χ4n) is 0.502. The van der Waals surface area contributed by atoms with Crippen molar-refractivity contribution in [2.24, 2.45) is 5.73 Å². The Kier molecular flexibility index (Phi) is 4.11. The minimum absolute atomic E-state index is 0.0650. The third-order valence-corrected chi connectivity index (χ3v) is 1.38. The van der Waals surface area contributed by atoms with Crippen molar-refractivity contribution >= 4 is 13.8 Å². The molecule has 1 amide bonds. The van der Waals surface area contributed by atoms with Gasteiger partial charge in [-0.15, -0.1) is 0 Å². The highest BCUT2D eigenvalue weighted by molar-refractivity contribution is 6.12. The summed E-state index contributed by atoms with van der Waals surface area (Å²) in [5, 5.41) is 2.48. The smallest absolute Gasteiger partial charge is 0.221 e. The topological polar surface area (TPSA) is 55.1 Å². The predicted molar refractivity (Wildman–Crippen MR) is 41.8 cm³/mol. The first kappa shape index (κ1) is 9.49. The van der Waals surface area contributed by atoms with Gasteiger partial charge in [0.05, 0.1) is 7.85 Å². The van der Waals surface area contributed by atoms with E-state index in [9.17, 15) is 4.79 Å².